The third-order valence-electron chi connectivity index (χ3n) is 1.77. The second-order valence-corrected chi connectivity index (χ2v) is 2.66. The third-order valence-corrected chi connectivity index (χ3v) is 1.77. The van der Waals surface area contributed by atoms with E-state index in [9.17, 15) is 4.39 Å². The van der Waals surface area contributed by atoms with Crippen LogP contribution in [0.1, 0.15) is 0 Å². The average molecular weight is 180 g/mol. The predicted molar refractivity (Wildman–Crippen MR) is 47.7 cm³/mol. The van der Waals surface area contributed by atoms with Crippen molar-refractivity contribution < 1.29 is 13.5 Å². The Morgan fingerprint density at radius 3 is 3.08 bits per heavy atom. The molecular weight excluding hydrogens is 171 g/mol. The Balaban J connectivity index is 2.26. The molecule has 2 aromatic rings. The van der Waals surface area contributed by atoms with Crippen molar-refractivity contribution in [3.05, 3.63) is 30.5 Å². The maximum Gasteiger partial charge on any atom is 0.134 e. The molecule has 1 aromatic heterocycles. The van der Waals surface area contributed by atoms with Crippen LogP contribution in [0.5, 0.6) is 5.75 Å². The van der Waals surface area contributed by atoms with Crippen molar-refractivity contribution in [3.63, 3.8) is 0 Å². The van der Waals surface area contributed by atoms with Gasteiger partial charge in [-0.1, -0.05) is 0 Å². The van der Waals surface area contributed by atoms with E-state index in [1.165, 1.54) is 0 Å². The smallest absolute Gasteiger partial charge is 0.134 e. The normalized spacial score (nSPS) is 10.5. The van der Waals surface area contributed by atoms with Crippen LogP contribution in [0.3, 0.4) is 0 Å². The van der Waals surface area contributed by atoms with E-state index in [0.717, 1.165) is 11.0 Å². The van der Waals surface area contributed by atoms with Gasteiger partial charge < -0.3 is 9.15 Å². The Morgan fingerprint density at radius 1 is 1.31 bits per heavy atom. The van der Waals surface area contributed by atoms with Crippen LogP contribution in [0.4, 0.5) is 4.39 Å². The number of halogens is 1. The lowest BCUT2D eigenvalue weighted by atomic mass is 10.2. The van der Waals surface area contributed by atoms with Crippen molar-refractivity contribution in [2.45, 2.75) is 0 Å². The number of fused-ring (bicyclic) bond motifs is 1. The summed E-state index contributed by atoms with van der Waals surface area (Å²) >= 11 is 0. The van der Waals surface area contributed by atoms with E-state index in [1.54, 1.807) is 12.3 Å². The highest BCUT2D eigenvalue weighted by atomic mass is 19.1. The molecule has 2 nitrogen and oxygen atoms in total. The van der Waals surface area contributed by atoms with Crippen molar-refractivity contribution in [2.24, 2.45) is 0 Å². The summed E-state index contributed by atoms with van der Waals surface area (Å²) in [6.07, 6.45) is 1.61. The van der Waals surface area contributed by atoms with Crippen LogP contribution in [-0.2, 0) is 0 Å². The predicted octanol–water partition coefficient (Wildman–Crippen LogP) is 2.78. The first-order valence-electron chi connectivity index (χ1n) is 4.06. The molecule has 0 fully saturated rings. The molecular formula is C10H9FO2. The van der Waals surface area contributed by atoms with Crippen LogP contribution in [0.15, 0.2) is 34.9 Å². The number of hydrogen-bond acceptors (Lipinski definition) is 2. The lowest BCUT2D eigenvalue weighted by Crippen LogP contribution is -1.97. The number of ether oxygens (including phenoxy) is 1. The zero-order valence-electron chi connectivity index (χ0n) is 7.00. The molecule has 2 rings (SSSR count). The van der Waals surface area contributed by atoms with Gasteiger partial charge in [0.2, 0.25) is 0 Å². The Bertz CT molecular complexity index is 394. The second kappa shape index (κ2) is 3.47. The minimum Gasteiger partial charge on any atom is -0.491 e. The Labute approximate surface area is 74.9 Å². The van der Waals surface area contributed by atoms with Gasteiger partial charge in [0.1, 0.15) is 24.6 Å². The summed E-state index contributed by atoms with van der Waals surface area (Å²) in [5.41, 5.74) is 0.813. The van der Waals surface area contributed by atoms with E-state index in [2.05, 4.69) is 0 Å². The highest BCUT2D eigenvalue weighted by Gasteiger charge is 1.98. The minimum absolute atomic E-state index is 0.101. The monoisotopic (exact) mass is 180 g/mol. The molecule has 0 bridgehead atoms. The van der Waals surface area contributed by atoms with E-state index < -0.39 is 6.67 Å². The van der Waals surface area contributed by atoms with Gasteiger partial charge in [0.15, 0.2) is 0 Å². The number of alkyl halides is 1. The van der Waals surface area contributed by atoms with E-state index in [1.807, 2.05) is 18.2 Å². The summed E-state index contributed by atoms with van der Waals surface area (Å²) in [4.78, 5) is 0. The SMILES string of the molecule is FCCOc1ccc2occc2c1. The Kier molecular flexibility index (Phi) is 2.17. The molecule has 0 atom stereocenters. The quantitative estimate of drug-likeness (QED) is 0.724. The highest BCUT2D eigenvalue weighted by molar-refractivity contribution is 5.78. The molecule has 1 aromatic carbocycles. The number of hydrogen-bond donors (Lipinski definition) is 0. The van der Waals surface area contributed by atoms with Gasteiger partial charge >= 0.3 is 0 Å². The van der Waals surface area contributed by atoms with Crippen LogP contribution in [-0.4, -0.2) is 13.3 Å². The molecule has 0 amide bonds. The first kappa shape index (κ1) is 8.10. The van der Waals surface area contributed by atoms with E-state index in [-0.39, 0.29) is 6.61 Å². The molecule has 1 heterocycles. The van der Waals surface area contributed by atoms with Gasteiger partial charge in [-0.2, -0.15) is 0 Å². The zero-order chi connectivity index (χ0) is 9.10. The standard InChI is InChI=1S/C10H9FO2/c11-4-6-12-9-1-2-10-8(7-9)3-5-13-10/h1-3,5,7H,4,6H2. The maximum atomic E-state index is 11.8. The first-order chi connectivity index (χ1) is 6.40. The topological polar surface area (TPSA) is 22.4 Å². The Hall–Kier alpha value is -1.51. The van der Waals surface area contributed by atoms with Gasteiger partial charge in [0, 0.05) is 5.39 Å². The van der Waals surface area contributed by atoms with Crippen LogP contribution in [0, 0.1) is 0 Å². The van der Waals surface area contributed by atoms with E-state index in [0.29, 0.717) is 5.75 Å². The number of rotatable bonds is 3. The molecule has 0 aliphatic carbocycles. The molecule has 0 saturated carbocycles. The summed E-state index contributed by atoms with van der Waals surface area (Å²) in [5, 5.41) is 0.969. The summed E-state index contributed by atoms with van der Waals surface area (Å²) in [5.74, 6) is 0.673. The van der Waals surface area contributed by atoms with E-state index >= 15 is 0 Å². The molecule has 0 N–H and O–H groups in total. The largest absolute Gasteiger partial charge is 0.491 e. The van der Waals surface area contributed by atoms with Crippen LogP contribution >= 0.6 is 0 Å². The molecule has 0 aliphatic heterocycles. The van der Waals surface area contributed by atoms with Crippen LogP contribution < -0.4 is 4.74 Å². The third kappa shape index (κ3) is 1.64. The second-order valence-electron chi connectivity index (χ2n) is 2.66. The Morgan fingerprint density at radius 2 is 2.23 bits per heavy atom. The molecule has 0 saturated heterocycles. The van der Waals surface area contributed by atoms with Gasteiger partial charge in [0.05, 0.1) is 6.26 Å². The van der Waals surface area contributed by atoms with Crippen molar-refractivity contribution in [3.8, 4) is 5.75 Å². The van der Waals surface area contributed by atoms with Crippen molar-refractivity contribution >= 4 is 11.0 Å². The lowest BCUT2D eigenvalue weighted by Gasteiger charge is -2.01. The summed E-state index contributed by atoms with van der Waals surface area (Å²) in [6, 6.07) is 7.25. The van der Waals surface area contributed by atoms with Crippen molar-refractivity contribution in [1.29, 1.82) is 0 Å². The van der Waals surface area contributed by atoms with Gasteiger partial charge in [-0.05, 0) is 24.3 Å². The van der Waals surface area contributed by atoms with Crippen LogP contribution in [0.2, 0.25) is 0 Å². The summed E-state index contributed by atoms with van der Waals surface area (Å²) in [7, 11) is 0. The van der Waals surface area contributed by atoms with Gasteiger partial charge in [0.25, 0.3) is 0 Å². The average Bonchev–Trinajstić information content (AvgIpc) is 2.61. The molecule has 0 spiro atoms. The van der Waals surface area contributed by atoms with Gasteiger partial charge in [-0.15, -0.1) is 0 Å². The molecule has 0 aliphatic rings. The number of benzene rings is 1. The maximum absolute atomic E-state index is 11.8. The number of furan rings is 1. The summed E-state index contributed by atoms with van der Waals surface area (Å²) < 4.78 is 22.1. The first-order valence-corrected chi connectivity index (χ1v) is 4.06. The molecule has 0 radical (unpaired) electrons. The fraction of sp³-hybridized carbons (Fsp3) is 0.200. The molecule has 13 heavy (non-hydrogen) atoms. The highest BCUT2D eigenvalue weighted by Crippen LogP contribution is 2.21. The van der Waals surface area contributed by atoms with Gasteiger partial charge in [-0.3, -0.25) is 0 Å². The fourth-order valence-electron chi connectivity index (χ4n) is 1.19. The molecule has 3 heteroatoms. The fourth-order valence-corrected chi connectivity index (χ4v) is 1.19. The van der Waals surface area contributed by atoms with Crippen molar-refractivity contribution in [1.82, 2.24) is 0 Å². The van der Waals surface area contributed by atoms with Crippen molar-refractivity contribution in [2.75, 3.05) is 13.3 Å². The lowest BCUT2D eigenvalue weighted by molar-refractivity contribution is 0.273. The van der Waals surface area contributed by atoms with Gasteiger partial charge in [-0.25, -0.2) is 4.39 Å². The van der Waals surface area contributed by atoms with E-state index in [4.69, 9.17) is 9.15 Å². The minimum atomic E-state index is -0.469. The molecule has 68 valence electrons. The molecule has 0 unspecified atom stereocenters. The van der Waals surface area contributed by atoms with Crippen LogP contribution in [0.25, 0.3) is 11.0 Å². The zero-order valence-corrected chi connectivity index (χ0v) is 7.00. The summed E-state index contributed by atoms with van der Waals surface area (Å²) in [6.45, 7) is -0.368.